The predicted molar refractivity (Wildman–Crippen MR) is 75.9 cm³/mol. The van der Waals surface area contributed by atoms with Crippen molar-refractivity contribution < 1.29 is 5.11 Å². The fourth-order valence-electron chi connectivity index (χ4n) is 2.24. The van der Waals surface area contributed by atoms with Crippen molar-refractivity contribution in [3.63, 3.8) is 0 Å². The second-order valence-corrected chi connectivity index (χ2v) is 4.93. The normalized spacial score (nSPS) is 11.9. The molecule has 1 atom stereocenters. The lowest BCUT2D eigenvalue weighted by atomic mass is 9.93. The van der Waals surface area contributed by atoms with Gasteiger partial charge in [-0.3, -0.25) is 0 Å². The molecule has 0 aliphatic carbocycles. The number of nitriles is 1. The highest BCUT2D eigenvalue weighted by Gasteiger charge is 2.14. The van der Waals surface area contributed by atoms with Gasteiger partial charge in [0, 0.05) is 0 Å². The molecule has 0 spiro atoms. The van der Waals surface area contributed by atoms with E-state index < -0.39 is 6.10 Å². The van der Waals surface area contributed by atoms with E-state index >= 15 is 0 Å². The number of aliphatic hydroxyl groups is 1. The Balaban J connectivity index is 2.47. The zero-order valence-corrected chi connectivity index (χ0v) is 11.4. The minimum absolute atomic E-state index is 0.568. The number of nitrogens with zero attached hydrogens (tertiary/aromatic N) is 1. The largest absolute Gasteiger partial charge is 0.384 e. The summed E-state index contributed by atoms with van der Waals surface area (Å²) < 4.78 is 0. The van der Waals surface area contributed by atoms with E-state index in [1.54, 1.807) is 18.2 Å². The molecule has 0 radical (unpaired) electrons. The quantitative estimate of drug-likeness (QED) is 0.886. The first-order valence-electron chi connectivity index (χ1n) is 6.29. The van der Waals surface area contributed by atoms with Crippen LogP contribution in [0.3, 0.4) is 0 Å². The highest BCUT2D eigenvalue weighted by Crippen LogP contribution is 2.27. The van der Waals surface area contributed by atoms with Gasteiger partial charge in [0.05, 0.1) is 11.6 Å². The highest BCUT2D eigenvalue weighted by atomic mass is 16.3. The summed E-state index contributed by atoms with van der Waals surface area (Å²) in [5.41, 5.74) is 5.68. The van der Waals surface area contributed by atoms with Gasteiger partial charge in [0.25, 0.3) is 0 Å². The standard InChI is InChI=1S/C17H17NO/c1-11-7-13(3)16(8-12(11)2)17(19)15-6-4-5-14(9-15)10-18/h4-9,17,19H,1-3H3. The molecule has 19 heavy (non-hydrogen) atoms. The van der Waals surface area contributed by atoms with Crippen LogP contribution in [0.1, 0.15) is 39.5 Å². The third-order valence-electron chi connectivity index (χ3n) is 3.51. The molecule has 0 fully saturated rings. The molecule has 0 bridgehead atoms. The van der Waals surface area contributed by atoms with E-state index in [4.69, 9.17) is 5.26 Å². The van der Waals surface area contributed by atoms with Crippen LogP contribution in [0.15, 0.2) is 36.4 Å². The molecule has 0 heterocycles. The Labute approximate surface area is 114 Å². The molecular formula is C17H17NO. The van der Waals surface area contributed by atoms with Crippen LogP contribution >= 0.6 is 0 Å². The van der Waals surface area contributed by atoms with Crippen molar-refractivity contribution in [2.75, 3.05) is 0 Å². The Hall–Kier alpha value is -2.11. The van der Waals surface area contributed by atoms with Crippen molar-refractivity contribution >= 4 is 0 Å². The molecule has 0 amide bonds. The summed E-state index contributed by atoms with van der Waals surface area (Å²) in [5.74, 6) is 0. The van der Waals surface area contributed by atoms with Gasteiger partial charge in [-0.15, -0.1) is 0 Å². The zero-order valence-electron chi connectivity index (χ0n) is 11.4. The number of hydrogen-bond donors (Lipinski definition) is 1. The average Bonchev–Trinajstić information content (AvgIpc) is 2.42. The lowest BCUT2D eigenvalue weighted by Gasteiger charge is -2.16. The Morgan fingerprint density at radius 3 is 2.37 bits per heavy atom. The first-order valence-corrected chi connectivity index (χ1v) is 6.29. The van der Waals surface area contributed by atoms with E-state index in [-0.39, 0.29) is 0 Å². The molecule has 96 valence electrons. The Bertz CT molecular complexity index is 653. The minimum atomic E-state index is -0.687. The Morgan fingerprint density at radius 1 is 1.00 bits per heavy atom. The van der Waals surface area contributed by atoms with Crippen molar-refractivity contribution in [3.05, 3.63) is 69.8 Å². The van der Waals surface area contributed by atoms with Gasteiger partial charge in [0.2, 0.25) is 0 Å². The van der Waals surface area contributed by atoms with E-state index in [9.17, 15) is 5.11 Å². The second kappa shape index (κ2) is 5.26. The fourth-order valence-corrected chi connectivity index (χ4v) is 2.24. The number of aryl methyl sites for hydroxylation is 3. The third kappa shape index (κ3) is 2.67. The molecule has 2 heteroatoms. The maximum absolute atomic E-state index is 10.5. The summed E-state index contributed by atoms with van der Waals surface area (Å²) in [5, 5.41) is 19.4. The molecule has 0 aliphatic rings. The zero-order chi connectivity index (χ0) is 14.0. The third-order valence-corrected chi connectivity index (χ3v) is 3.51. The van der Waals surface area contributed by atoms with Crippen molar-refractivity contribution in [2.24, 2.45) is 0 Å². The average molecular weight is 251 g/mol. The van der Waals surface area contributed by atoms with Crippen LogP contribution in [-0.4, -0.2) is 5.11 Å². The summed E-state index contributed by atoms with van der Waals surface area (Å²) in [6.07, 6.45) is -0.687. The Morgan fingerprint density at radius 2 is 1.68 bits per heavy atom. The van der Waals surface area contributed by atoms with Crippen LogP contribution in [0.2, 0.25) is 0 Å². The molecule has 1 unspecified atom stereocenters. The molecule has 2 aromatic carbocycles. The predicted octanol–water partition coefficient (Wildman–Crippen LogP) is 3.57. The van der Waals surface area contributed by atoms with Crippen LogP contribution in [0, 0.1) is 32.1 Å². The highest BCUT2D eigenvalue weighted by molar-refractivity contribution is 5.43. The summed E-state index contributed by atoms with van der Waals surface area (Å²) in [4.78, 5) is 0. The Kier molecular flexibility index (Phi) is 3.69. The van der Waals surface area contributed by atoms with Crippen LogP contribution in [0.25, 0.3) is 0 Å². The van der Waals surface area contributed by atoms with Crippen LogP contribution in [-0.2, 0) is 0 Å². The summed E-state index contributed by atoms with van der Waals surface area (Å²) in [7, 11) is 0. The van der Waals surface area contributed by atoms with Crippen LogP contribution < -0.4 is 0 Å². The van der Waals surface area contributed by atoms with Crippen LogP contribution in [0.5, 0.6) is 0 Å². The van der Waals surface area contributed by atoms with Gasteiger partial charge in [-0.05, 0) is 60.7 Å². The summed E-state index contributed by atoms with van der Waals surface area (Å²) in [6.45, 7) is 6.10. The van der Waals surface area contributed by atoms with E-state index in [2.05, 4.69) is 19.1 Å². The van der Waals surface area contributed by atoms with Crippen molar-refractivity contribution in [2.45, 2.75) is 26.9 Å². The van der Waals surface area contributed by atoms with Gasteiger partial charge in [0.1, 0.15) is 6.10 Å². The SMILES string of the molecule is Cc1cc(C)c(C(O)c2cccc(C#N)c2)cc1C. The minimum Gasteiger partial charge on any atom is -0.384 e. The lowest BCUT2D eigenvalue weighted by Crippen LogP contribution is -2.03. The van der Waals surface area contributed by atoms with E-state index in [0.29, 0.717) is 5.56 Å². The van der Waals surface area contributed by atoms with Crippen molar-refractivity contribution in [3.8, 4) is 6.07 Å². The molecule has 1 N–H and O–H groups in total. The lowest BCUT2D eigenvalue weighted by molar-refractivity contribution is 0.219. The first kappa shape index (κ1) is 13.3. The monoisotopic (exact) mass is 251 g/mol. The molecule has 2 aromatic rings. The maximum Gasteiger partial charge on any atom is 0.104 e. The molecule has 2 nitrogen and oxygen atoms in total. The van der Waals surface area contributed by atoms with Gasteiger partial charge in [-0.2, -0.15) is 5.26 Å². The van der Waals surface area contributed by atoms with E-state index in [1.165, 1.54) is 5.56 Å². The molecule has 0 saturated heterocycles. The second-order valence-electron chi connectivity index (χ2n) is 4.93. The van der Waals surface area contributed by atoms with E-state index in [1.807, 2.05) is 26.0 Å². The van der Waals surface area contributed by atoms with Crippen molar-refractivity contribution in [1.82, 2.24) is 0 Å². The van der Waals surface area contributed by atoms with E-state index in [0.717, 1.165) is 22.3 Å². The maximum atomic E-state index is 10.5. The number of rotatable bonds is 2. The molecule has 0 saturated carbocycles. The molecular weight excluding hydrogens is 234 g/mol. The fraction of sp³-hybridized carbons (Fsp3) is 0.235. The van der Waals surface area contributed by atoms with Gasteiger partial charge >= 0.3 is 0 Å². The smallest absolute Gasteiger partial charge is 0.104 e. The topological polar surface area (TPSA) is 44.0 Å². The number of aliphatic hydroxyl groups excluding tert-OH is 1. The molecule has 2 rings (SSSR count). The first-order chi connectivity index (χ1) is 9.02. The summed E-state index contributed by atoms with van der Waals surface area (Å²) in [6, 6.07) is 13.3. The number of hydrogen-bond acceptors (Lipinski definition) is 2. The molecule has 0 aliphatic heterocycles. The van der Waals surface area contributed by atoms with Gasteiger partial charge in [0.15, 0.2) is 0 Å². The van der Waals surface area contributed by atoms with Gasteiger partial charge in [-0.25, -0.2) is 0 Å². The van der Waals surface area contributed by atoms with Gasteiger partial charge in [-0.1, -0.05) is 24.3 Å². The molecule has 0 aromatic heterocycles. The van der Waals surface area contributed by atoms with Crippen molar-refractivity contribution in [1.29, 1.82) is 5.26 Å². The number of benzene rings is 2. The summed E-state index contributed by atoms with van der Waals surface area (Å²) >= 11 is 0. The van der Waals surface area contributed by atoms with Gasteiger partial charge < -0.3 is 5.11 Å². The van der Waals surface area contributed by atoms with Crippen LogP contribution in [0.4, 0.5) is 0 Å².